The molecular formula is C19H18N2O3S. The number of rotatable bonds is 3. The van der Waals surface area contributed by atoms with Crippen LogP contribution in [0.15, 0.2) is 46.3 Å². The number of benzene rings is 2. The van der Waals surface area contributed by atoms with Gasteiger partial charge in [0, 0.05) is 17.3 Å². The normalized spacial score (nSPS) is 13.7. The minimum Gasteiger partial charge on any atom is -0.280 e. The van der Waals surface area contributed by atoms with Crippen LogP contribution in [-0.4, -0.2) is 14.3 Å². The number of hydrogen-bond donors (Lipinski definition) is 1. The van der Waals surface area contributed by atoms with E-state index in [2.05, 4.69) is 16.3 Å². The van der Waals surface area contributed by atoms with Crippen LogP contribution in [-0.2, 0) is 14.8 Å². The second kappa shape index (κ2) is 5.97. The van der Waals surface area contributed by atoms with Crippen molar-refractivity contribution in [1.29, 1.82) is 0 Å². The Morgan fingerprint density at radius 3 is 2.44 bits per heavy atom. The fraction of sp³-hybridized carbons (Fsp3) is 0.158. The molecule has 2 aromatic rings. The molecule has 0 unspecified atom stereocenters. The molecule has 0 radical (unpaired) electrons. The quantitative estimate of drug-likeness (QED) is 0.917. The average molecular weight is 354 g/mol. The fourth-order valence-electron chi connectivity index (χ4n) is 2.68. The molecule has 0 aliphatic carbocycles. The molecule has 25 heavy (non-hydrogen) atoms. The third kappa shape index (κ3) is 3.25. The Balaban J connectivity index is 2.09. The van der Waals surface area contributed by atoms with E-state index in [0.29, 0.717) is 27.4 Å². The summed E-state index contributed by atoms with van der Waals surface area (Å²) in [5.74, 6) is -0.362. The smallest absolute Gasteiger partial charge is 0.270 e. The zero-order chi connectivity index (χ0) is 18.4. The lowest BCUT2D eigenvalue weighted by molar-refractivity contribution is -0.113. The van der Waals surface area contributed by atoms with Crippen molar-refractivity contribution in [3.63, 3.8) is 0 Å². The molecule has 128 valence electrons. The number of anilines is 1. The van der Waals surface area contributed by atoms with Gasteiger partial charge in [-0.15, -0.1) is 0 Å². The molecule has 6 heteroatoms. The van der Waals surface area contributed by atoms with E-state index in [1.54, 1.807) is 19.1 Å². The van der Waals surface area contributed by atoms with Gasteiger partial charge >= 0.3 is 0 Å². The van der Waals surface area contributed by atoms with Gasteiger partial charge in [0.1, 0.15) is 0 Å². The van der Waals surface area contributed by atoms with Crippen LogP contribution in [0.1, 0.15) is 23.6 Å². The van der Waals surface area contributed by atoms with Crippen LogP contribution in [0.4, 0.5) is 5.69 Å². The molecule has 1 N–H and O–H groups in total. The van der Waals surface area contributed by atoms with Crippen LogP contribution in [0.3, 0.4) is 0 Å². The minimum absolute atomic E-state index is 0.0896. The van der Waals surface area contributed by atoms with Crippen LogP contribution < -0.4 is 15.3 Å². The van der Waals surface area contributed by atoms with E-state index < -0.39 is 10.0 Å². The van der Waals surface area contributed by atoms with E-state index in [1.165, 1.54) is 18.2 Å². The van der Waals surface area contributed by atoms with Crippen molar-refractivity contribution >= 4 is 33.8 Å². The highest BCUT2D eigenvalue weighted by Crippen LogP contribution is 2.20. The molecule has 0 saturated heterocycles. The molecule has 0 fully saturated rings. The number of carbonyl (C=O) groups is 1. The maximum Gasteiger partial charge on any atom is 0.270 e. The van der Waals surface area contributed by atoms with Crippen molar-refractivity contribution in [3.05, 3.63) is 63.7 Å². The van der Waals surface area contributed by atoms with Crippen LogP contribution in [0.25, 0.3) is 12.2 Å². The molecule has 0 aromatic heterocycles. The second-order valence-corrected chi connectivity index (χ2v) is 7.84. The van der Waals surface area contributed by atoms with E-state index >= 15 is 0 Å². The zero-order valence-electron chi connectivity index (χ0n) is 14.3. The number of hydrogen-bond acceptors (Lipinski definition) is 3. The van der Waals surface area contributed by atoms with Crippen molar-refractivity contribution in [2.24, 2.45) is 4.99 Å². The third-order valence-corrected chi connectivity index (χ3v) is 5.58. The number of fused-ring (bicyclic) bond motifs is 1. The number of aryl methyl sites for hydroxylation is 2. The first-order valence-electron chi connectivity index (χ1n) is 7.72. The molecule has 3 rings (SSSR count). The molecule has 0 bridgehead atoms. The van der Waals surface area contributed by atoms with E-state index in [0.717, 1.165) is 11.1 Å². The predicted octanol–water partition coefficient (Wildman–Crippen LogP) is 2.08. The molecule has 2 aromatic carbocycles. The zero-order valence-corrected chi connectivity index (χ0v) is 15.1. The molecule has 0 spiro atoms. The first kappa shape index (κ1) is 17.1. The topological polar surface area (TPSA) is 75.6 Å². The monoisotopic (exact) mass is 354 g/mol. The summed E-state index contributed by atoms with van der Waals surface area (Å²) in [6.45, 7) is 9.48. The van der Waals surface area contributed by atoms with Gasteiger partial charge in [-0.3, -0.25) is 9.52 Å². The molecule has 5 nitrogen and oxygen atoms in total. The van der Waals surface area contributed by atoms with E-state index in [-0.39, 0.29) is 10.8 Å². The number of amides is 1. The molecular weight excluding hydrogens is 336 g/mol. The Morgan fingerprint density at radius 1 is 1.04 bits per heavy atom. The Morgan fingerprint density at radius 2 is 1.76 bits per heavy atom. The van der Waals surface area contributed by atoms with Crippen molar-refractivity contribution in [2.75, 3.05) is 4.72 Å². The number of sulfonamides is 1. The lowest BCUT2D eigenvalue weighted by atomic mass is 10.0. The largest absolute Gasteiger partial charge is 0.280 e. The maximum atomic E-state index is 12.8. The highest BCUT2D eigenvalue weighted by Gasteiger charge is 2.19. The SMILES string of the molecule is C=c1cc(S(=O)(=O)Nc2ccc(C)c(C)c2)cc2c1=NC(=O)C=C2C. The number of nitrogens with one attached hydrogen (secondary N) is 1. The standard InChI is InChI=1S/C19H18N2O3S/c1-11-5-6-15(7-12(11)2)21-25(23,24)16-8-14(4)19-17(10-16)13(3)9-18(22)20-19/h5-10,21H,4H2,1-3H3. The van der Waals surface area contributed by atoms with Crippen LogP contribution in [0.5, 0.6) is 0 Å². The molecule has 1 aliphatic heterocycles. The minimum atomic E-state index is -3.78. The van der Waals surface area contributed by atoms with Crippen molar-refractivity contribution < 1.29 is 13.2 Å². The van der Waals surface area contributed by atoms with Gasteiger partial charge in [-0.2, -0.15) is 0 Å². The number of carbonyl (C=O) groups excluding carboxylic acids is 1. The molecule has 0 saturated carbocycles. The van der Waals surface area contributed by atoms with E-state index in [1.807, 2.05) is 19.9 Å². The molecule has 1 aliphatic rings. The van der Waals surface area contributed by atoms with Crippen LogP contribution >= 0.6 is 0 Å². The van der Waals surface area contributed by atoms with Crippen LogP contribution in [0.2, 0.25) is 0 Å². The van der Waals surface area contributed by atoms with Gasteiger partial charge in [-0.25, -0.2) is 13.4 Å². The predicted molar refractivity (Wildman–Crippen MR) is 98.1 cm³/mol. The summed E-state index contributed by atoms with van der Waals surface area (Å²) in [6.07, 6.45) is 1.38. The van der Waals surface area contributed by atoms with Crippen LogP contribution in [0, 0.1) is 13.8 Å². The van der Waals surface area contributed by atoms with Gasteiger partial charge in [0.05, 0.1) is 10.3 Å². The third-order valence-electron chi connectivity index (χ3n) is 4.22. The first-order valence-corrected chi connectivity index (χ1v) is 9.20. The first-order chi connectivity index (χ1) is 11.7. The molecule has 1 amide bonds. The van der Waals surface area contributed by atoms with Gasteiger partial charge in [0.15, 0.2) is 0 Å². The van der Waals surface area contributed by atoms with Crippen molar-refractivity contribution in [1.82, 2.24) is 0 Å². The van der Waals surface area contributed by atoms with E-state index in [9.17, 15) is 13.2 Å². The summed E-state index contributed by atoms with van der Waals surface area (Å²) in [7, 11) is -3.78. The Bertz CT molecular complexity index is 1150. The van der Waals surface area contributed by atoms with E-state index in [4.69, 9.17) is 0 Å². The Labute approximate surface area is 146 Å². The van der Waals surface area contributed by atoms with Crippen molar-refractivity contribution in [3.8, 4) is 0 Å². The average Bonchev–Trinajstić information content (AvgIpc) is 2.51. The summed E-state index contributed by atoms with van der Waals surface area (Å²) in [5, 5.41) is 0.828. The van der Waals surface area contributed by atoms with Crippen molar-refractivity contribution in [2.45, 2.75) is 25.7 Å². The summed E-state index contributed by atoms with van der Waals surface area (Å²) >= 11 is 0. The van der Waals surface area contributed by atoms with Gasteiger partial charge in [-0.1, -0.05) is 12.6 Å². The number of nitrogens with zero attached hydrogens (tertiary/aromatic N) is 1. The van der Waals surface area contributed by atoms with Gasteiger partial charge in [0.25, 0.3) is 15.9 Å². The molecule has 1 heterocycles. The Hall–Kier alpha value is -2.73. The molecule has 0 atom stereocenters. The second-order valence-electron chi connectivity index (χ2n) is 6.16. The highest BCUT2D eigenvalue weighted by atomic mass is 32.2. The van der Waals surface area contributed by atoms with Gasteiger partial charge in [-0.05, 0) is 67.0 Å². The van der Waals surface area contributed by atoms with Gasteiger partial charge in [0.2, 0.25) is 0 Å². The lowest BCUT2D eigenvalue weighted by Crippen LogP contribution is -2.32. The summed E-state index contributed by atoms with van der Waals surface area (Å²) in [6, 6.07) is 8.33. The fourth-order valence-corrected chi connectivity index (χ4v) is 3.80. The summed E-state index contributed by atoms with van der Waals surface area (Å²) < 4.78 is 28.1. The maximum absolute atomic E-state index is 12.8. The Kier molecular flexibility index (Phi) is 4.08. The lowest BCUT2D eigenvalue weighted by Gasteiger charge is -2.13. The van der Waals surface area contributed by atoms with Gasteiger partial charge < -0.3 is 0 Å². The summed E-state index contributed by atoms with van der Waals surface area (Å²) in [4.78, 5) is 15.6. The summed E-state index contributed by atoms with van der Waals surface area (Å²) in [5.41, 5.74) is 3.86. The number of allylic oxidation sites excluding steroid dienone is 1. The highest BCUT2D eigenvalue weighted by molar-refractivity contribution is 7.92.